The molecule has 0 aliphatic rings. The van der Waals surface area contributed by atoms with Crippen LogP contribution < -0.4 is 5.32 Å². The van der Waals surface area contributed by atoms with Gasteiger partial charge in [0, 0.05) is 26.0 Å². The number of aliphatic hydroxyl groups excluding tert-OH is 1. The number of carbonyl (C=O) groups excluding carboxylic acids is 1. The number of Topliss-reactive ketones (excluding diaryl/α,β-unsaturated/α-hetero) is 1. The van der Waals surface area contributed by atoms with Crippen molar-refractivity contribution in [3.8, 4) is 0 Å². The minimum absolute atomic E-state index is 0.166. The van der Waals surface area contributed by atoms with Gasteiger partial charge in [-0.25, -0.2) is 0 Å². The van der Waals surface area contributed by atoms with E-state index in [1.807, 2.05) is 0 Å². The SMILES string of the molecule is CCCCCC(=O)CCNC(CCO)C(=O)O. The largest absolute Gasteiger partial charge is 0.480 e. The Morgan fingerprint density at radius 3 is 2.47 bits per heavy atom. The van der Waals surface area contributed by atoms with Gasteiger partial charge in [0.2, 0.25) is 0 Å². The average molecular weight is 245 g/mol. The summed E-state index contributed by atoms with van der Waals surface area (Å²) in [6, 6.07) is -0.761. The lowest BCUT2D eigenvalue weighted by Crippen LogP contribution is -2.38. The van der Waals surface area contributed by atoms with Crippen molar-refractivity contribution in [2.75, 3.05) is 13.2 Å². The molecule has 0 rings (SSSR count). The topological polar surface area (TPSA) is 86.6 Å². The number of carboxylic acids is 1. The van der Waals surface area contributed by atoms with Crippen molar-refractivity contribution >= 4 is 11.8 Å². The Hall–Kier alpha value is -0.940. The number of unbranched alkanes of at least 4 members (excludes halogenated alkanes) is 2. The first-order chi connectivity index (χ1) is 8.11. The summed E-state index contributed by atoms with van der Waals surface area (Å²) in [5.74, 6) is -0.823. The van der Waals surface area contributed by atoms with Gasteiger partial charge in [-0.05, 0) is 12.8 Å². The predicted molar refractivity (Wildman–Crippen MR) is 64.9 cm³/mol. The van der Waals surface area contributed by atoms with Crippen molar-refractivity contribution in [1.29, 1.82) is 0 Å². The summed E-state index contributed by atoms with van der Waals surface area (Å²) in [5.41, 5.74) is 0. The van der Waals surface area contributed by atoms with Crippen LogP contribution >= 0.6 is 0 Å². The zero-order chi connectivity index (χ0) is 13.1. The van der Waals surface area contributed by atoms with Crippen LogP contribution in [0, 0.1) is 0 Å². The summed E-state index contributed by atoms with van der Waals surface area (Å²) < 4.78 is 0. The van der Waals surface area contributed by atoms with E-state index in [0.717, 1.165) is 19.3 Å². The number of nitrogens with one attached hydrogen (secondary N) is 1. The number of hydrogen-bond acceptors (Lipinski definition) is 4. The van der Waals surface area contributed by atoms with Crippen molar-refractivity contribution in [3.63, 3.8) is 0 Å². The molecule has 0 saturated heterocycles. The summed E-state index contributed by atoms with van der Waals surface area (Å²) in [4.78, 5) is 22.1. The summed E-state index contributed by atoms with van der Waals surface area (Å²) >= 11 is 0. The molecule has 100 valence electrons. The van der Waals surface area contributed by atoms with Gasteiger partial charge >= 0.3 is 5.97 Å². The van der Waals surface area contributed by atoms with Crippen LogP contribution in [0.3, 0.4) is 0 Å². The highest BCUT2D eigenvalue weighted by Crippen LogP contribution is 2.01. The van der Waals surface area contributed by atoms with Crippen LogP contribution in [-0.2, 0) is 9.59 Å². The van der Waals surface area contributed by atoms with Crippen molar-refractivity contribution in [3.05, 3.63) is 0 Å². The van der Waals surface area contributed by atoms with Crippen LogP contribution in [-0.4, -0.2) is 41.2 Å². The van der Waals surface area contributed by atoms with Gasteiger partial charge in [0.25, 0.3) is 0 Å². The third-order valence-electron chi connectivity index (χ3n) is 2.57. The van der Waals surface area contributed by atoms with Crippen LogP contribution in [0.5, 0.6) is 0 Å². The normalized spacial score (nSPS) is 12.4. The zero-order valence-corrected chi connectivity index (χ0v) is 10.4. The summed E-state index contributed by atoms with van der Waals surface area (Å²) in [6.07, 6.45) is 4.16. The standard InChI is InChI=1S/C12H23NO4/c1-2-3-4-5-10(15)6-8-13-11(7-9-14)12(16)17/h11,13-14H,2-9H2,1H3,(H,16,17). The van der Waals surface area contributed by atoms with Gasteiger partial charge in [-0.2, -0.15) is 0 Å². The van der Waals surface area contributed by atoms with Crippen molar-refractivity contribution in [2.24, 2.45) is 0 Å². The fourth-order valence-corrected chi connectivity index (χ4v) is 1.52. The fourth-order valence-electron chi connectivity index (χ4n) is 1.52. The number of rotatable bonds is 11. The maximum Gasteiger partial charge on any atom is 0.320 e. The van der Waals surface area contributed by atoms with Gasteiger partial charge < -0.3 is 15.5 Å². The maximum absolute atomic E-state index is 11.4. The van der Waals surface area contributed by atoms with E-state index in [1.54, 1.807) is 0 Å². The van der Waals surface area contributed by atoms with Crippen LogP contribution in [0.1, 0.15) is 45.4 Å². The number of aliphatic carboxylic acids is 1. The second kappa shape index (κ2) is 10.2. The fraction of sp³-hybridized carbons (Fsp3) is 0.833. The lowest BCUT2D eigenvalue weighted by Gasteiger charge is -2.12. The minimum Gasteiger partial charge on any atom is -0.480 e. The molecule has 17 heavy (non-hydrogen) atoms. The van der Waals surface area contributed by atoms with E-state index in [-0.39, 0.29) is 18.8 Å². The smallest absolute Gasteiger partial charge is 0.320 e. The van der Waals surface area contributed by atoms with Crippen LogP contribution in [0.25, 0.3) is 0 Å². The Balaban J connectivity index is 3.65. The molecule has 0 aliphatic carbocycles. The van der Waals surface area contributed by atoms with Crippen molar-refractivity contribution in [2.45, 2.75) is 51.5 Å². The molecule has 5 nitrogen and oxygen atoms in total. The number of ketones is 1. The minimum atomic E-state index is -0.988. The molecular formula is C12H23NO4. The van der Waals surface area contributed by atoms with Crippen molar-refractivity contribution < 1.29 is 19.8 Å². The molecule has 0 heterocycles. The molecule has 3 N–H and O–H groups in total. The highest BCUT2D eigenvalue weighted by atomic mass is 16.4. The van der Waals surface area contributed by atoms with Crippen molar-refractivity contribution in [1.82, 2.24) is 5.32 Å². The highest BCUT2D eigenvalue weighted by Gasteiger charge is 2.15. The number of aliphatic hydroxyl groups is 1. The third kappa shape index (κ3) is 8.83. The van der Waals surface area contributed by atoms with E-state index in [0.29, 0.717) is 19.4 Å². The van der Waals surface area contributed by atoms with Gasteiger partial charge in [-0.3, -0.25) is 9.59 Å². The molecule has 0 radical (unpaired) electrons. The van der Waals surface area contributed by atoms with Gasteiger partial charge in [0.05, 0.1) is 0 Å². The summed E-state index contributed by atoms with van der Waals surface area (Å²) in [6.45, 7) is 2.27. The molecule has 0 aliphatic heterocycles. The monoisotopic (exact) mass is 245 g/mol. The number of carbonyl (C=O) groups is 2. The second-order valence-corrected chi connectivity index (χ2v) is 4.10. The Bertz CT molecular complexity index is 231. The molecule has 1 unspecified atom stereocenters. The highest BCUT2D eigenvalue weighted by molar-refractivity contribution is 5.78. The number of carboxylic acid groups (broad SMARTS) is 1. The van der Waals surface area contributed by atoms with E-state index >= 15 is 0 Å². The van der Waals surface area contributed by atoms with E-state index in [2.05, 4.69) is 12.2 Å². The Labute approximate surface area is 102 Å². The molecule has 0 bridgehead atoms. The Morgan fingerprint density at radius 1 is 1.24 bits per heavy atom. The molecule has 0 fully saturated rings. The molecule has 0 aromatic rings. The lowest BCUT2D eigenvalue weighted by molar-refractivity contribution is -0.140. The zero-order valence-electron chi connectivity index (χ0n) is 10.4. The van der Waals surface area contributed by atoms with Gasteiger partial charge in [0.15, 0.2) is 0 Å². The molecule has 0 aromatic carbocycles. The van der Waals surface area contributed by atoms with Crippen LogP contribution in [0.15, 0.2) is 0 Å². The first-order valence-electron chi connectivity index (χ1n) is 6.20. The quantitative estimate of drug-likeness (QED) is 0.472. The second-order valence-electron chi connectivity index (χ2n) is 4.10. The maximum atomic E-state index is 11.4. The first-order valence-corrected chi connectivity index (χ1v) is 6.20. The Kier molecular flexibility index (Phi) is 9.66. The molecule has 0 aromatic heterocycles. The summed E-state index contributed by atoms with van der Waals surface area (Å²) in [7, 11) is 0. The van der Waals surface area contributed by atoms with Gasteiger partial charge in [0.1, 0.15) is 11.8 Å². The molecule has 5 heteroatoms. The third-order valence-corrected chi connectivity index (χ3v) is 2.57. The molecule has 0 saturated carbocycles. The molecule has 0 spiro atoms. The predicted octanol–water partition coefficient (Wildman–Crippen LogP) is 0.951. The van der Waals surface area contributed by atoms with E-state index < -0.39 is 12.0 Å². The van der Waals surface area contributed by atoms with E-state index in [1.165, 1.54) is 0 Å². The summed E-state index contributed by atoms with van der Waals surface area (Å²) in [5, 5.41) is 20.2. The van der Waals surface area contributed by atoms with E-state index in [9.17, 15) is 9.59 Å². The molecule has 0 amide bonds. The first kappa shape index (κ1) is 16.1. The van der Waals surface area contributed by atoms with Crippen LogP contribution in [0.2, 0.25) is 0 Å². The van der Waals surface area contributed by atoms with Crippen LogP contribution in [0.4, 0.5) is 0 Å². The van der Waals surface area contributed by atoms with Gasteiger partial charge in [-0.15, -0.1) is 0 Å². The van der Waals surface area contributed by atoms with Gasteiger partial charge in [-0.1, -0.05) is 19.8 Å². The molecular weight excluding hydrogens is 222 g/mol. The lowest BCUT2D eigenvalue weighted by atomic mass is 10.1. The Morgan fingerprint density at radius 2 is 1.94 bits per heavy atom. The molecule has 1 atom stereocenters. The van der Waals surface area contributed by atoms with E-state index in [4.69, 9.17) is 10.2 Å². The number of hydrogen-bond donors (Lipinski definition) is 3. The average Bonchev–Trinajstić information content (AvgIpc) is 2.28.